The Balaban J connectivity index is 0.00000312. The first-order valence-corrected chi connectivity index (χ1v) is 9.46. The summed E-state index contributed by atoms with van der Waals surface area (Å²) in [7, 11) is 0. The lowest BCUT2D eigenvalue weighted by Gasteiger charge is -2.18. The quantitative estimate of drug-likeness (QED) is 0.348. The highest BCUT2D eigenvalue weighted by Crippen LogP contribution is 2.16. The topological polar surface area (TPSA) is 54.2 Å². The third-order valence-corrected chi connectivity index (χ3v) is 4.67. The zero-order valence-electron chi connectivity index (χ0n) is 15.5. The molecule has 0 spiro atoms. The van der Waals surface area contributed by atoms with Crippen molar-refractivity contribution in [1.29, 1.82) is 0 Å². The standard InChI is InChI=1S/C18H29N5S.HI/c1-5-19-18(20-12-14(2)13-23-10-6-9-21-23)22-15(3)11-17-8-7-16(4)24-17;/h6-10,14-15H,5,11-13H2,1-4H3,(H2,19,20,22);1H. The fraction of sp³-hybridized carbons (Fsp3) is 0.556. The molecule has 2 rings (SSSR count). The van der Waals surface area contributed by atoms with E-state index in [1.165, 1.54) is 9.75 Å². The largest absolute Gasteiger partial charge is 0.357 e. The number of hydrogen-bond donors (Lipinski definition) is 2. The normalized spacial score (nSPS) is 13.8. The molecule has 0 aromatic carbocycles. The van der Waals surface area contributed by atoms with E-state index in [2.05, 4.69) is 55.6 Å². The van der Waals surface area contributed by atoms with Gasteiger partial charge in [0.05, 0.1) is 0 Å². The fourth-order valence-corrected chi connectivity index (χ4v) is 3.55. The molecule has 2 unspecified atom stereocenters. The van der Waals surface area contributed by atoms with Gasteiger partial charge in [-0.3, -0.25) is 9.67 Å². The van der Waals surface area contributed by atoms with Gasteiger partial charge in [0.15, 0.2) is 5.96 Å². The SMILES string of the molecule is CCNC(=NCC(C)Cn1cccn1)NC(C)Cc1ccc(C)s1.I. The molecular weight excluding hydrogens is 445 g/mol. The summed E-state index contributed by atoms with van der Waals surface area (Å²) in [6.07, 6.45) is 4.83. The van der Waals surface area contributed by atoms with Crippen molar-refractivity contribution >= 4 is 41.3 Å². The van der Waals surface area contributed by atoms with E-state index in [0.29, 0.717) is 12.0 Å². The predicted molar refractivity (Wildman–Crippen MR) is 118 cm³/mol. The Hall–Kier alpha value is -1.09. The molecule has 7 heteroatoms. The van der Waals surface area contributed by atoms with Gasteiger partial charge in [0.1, 0.15) is 0 Å². The minimum Gasteiger partial charge on any atom is -0.357 e. The molecule has 0 amide bonds. The number of aryl methyl sites for hydroxylation is 1. The summed E-state index contributed by atoms with van der Waals surface area (Å²) in [4.78, 5) is 7.52. The van der Waals surface area contributed by atoms with Crippen LogP contribution in [0.15, 0.2) is 35.6 Å². The first-order chi connectivity index (χ1) is 11.6. The number of nitrogens with zero attached hydrogens (tertiary/aromatic N) is 3. The van der Waals surface area contributed by atoms with Crippen LogP contribution in [0.3, 0.4) is 0 Å². The van der Waals surface area contributed by atoms with E-state index < -0.39 is 0 Å². The van der Waals surface area contributed by atoms with Crippen LogP contribution in [0.25, 0.3) is 0 Å². The van der Waals surface area contributed by atoms with Crippen LogP contribution >= 0.6 is 35.3 Å². The molecular formula is C18H30IN5S. The maximum atomic E-state index is 4.74. The first kappa shape index (κ1) is 22.0. The third kappa shape index (κ3) is 8.22. The second-order valence-electron chi connectivity index (χ2n) is 6.31. The summed E-state index contributed by atoms with van der Waals surface area (Å²) in [5.74, 6) is 1.33. The average Bonchev–Trinajstić information content (AvgIpc) is 3.17. The first-order valence-electron chi connectivity index (χ1n) is 8.64. The van der Waals surface area contributed by atoms with Crippen molar-refractivity contribution in [3.8, 4) is 0 Å². The van der Waals surface area contributed by atoms with E-state index >= 15 is 0 Å². The van der Waals surface area contributed by atoms with Crippen LogP contribution in [-0.2, 0) is 13.0 Å². The molecule has 2 atom stereocenters. The zero-order valence-corrected chi connectivity index (χ0v) is 18.7. The van der Waals surface area contributed by atoms with Gasteiger partial charge >= 0.3 is 0 Å². The number of hydrogen-bond acceptors (Lipinski definition) is 3. The molecule has 2 N–H and O–H groups in total. The van der Waals surface area contributed by atoms with Crippen LogP contribution in [0.5, 0.6) is 0 Å². The molecule has 25 heavy (non-hydrogen) atoms. The Morgan fingerprint density at radius 2 is 2.16 bits per heavy atom. The third-order valence-electron chi connectivity index (χ3n) is 3.65. The molecule has 0 saturated carbocycles. The molecule has 2 aromatic heterocycles. The van der Waals surface area contributed by atoms with Gasteiger partial charge in [-0.15, -0.1) is 35.3 Å². The summed E-state index contributed by atoms with van der Waals surface area (Å²) in [5, 5.41) is 11.1. The maximum Gasteiger partial charge on any atom is 0.191 e. The zero-order chi connectivity index (χ0) is 17.4. The van der Waals surface area contributed by atoms with Gasteiger partial charge in [0, 0.05) is 54.2 Å². The summed E-state index contributed by atoms with van der Waals surface area (Å²) < 4.78 is 1.96. The number of aromatic nitrogens is 2. The smallest absolute Gasteiger partial charge is 0.191 e. The molecule has 0 fully saturated rings. The molecule has 0 saturated heterocycles. The lowest BCUT2D eigenvalue weighted by molar-refractivity contribution is 0.457. The summed E-state index contributed by atoms with van der Waals surface area (Å²) in [6.45, 7) is 11.2. The number of halogens is 1. The van der Waals surface area contributed by atoms with E-state index in [0.717, 1.165) is 32.0 Å². The molecule has 0 bridgehead atoms. The van der Waals surface area contributed by atoms with E-state index in [9.17, 15) is 0 Å². The van der Waals surface area contributed by atoms with Crippen molar-refractivity contribution in [1.82, 2.24) is 20.4 Å². The molecule has 0 aliphatic carbocycles. The molecule has 0 aliphatic heterocycles. The maximum absolute atomic E-state index is 4.74. The van der Waals surface area contributed by atoms with Gasteiger partial charge in [0.2, 0.25) is 0 Å². The highest BCUT2D eigenvalue weighted by Gasteiger charge is 2.09. The van der Waals surface area contributed by atoms with E-state index in [1.54, 1.807) is 0 Å². The second-order valence-corrected chi connectivity index (χ2v) is 7.69. The van der Waals surface area contributed by atoms with Crippen molar-refractivity contribution in [3.63, 3.8) is 0 Å². The average molecular weight is 475 g/mol. The van der Waals surface area contributed by atoms with Crippen molar-refractivity contribution in [2.45, 2.75) is 46.7 Å². The Kier molecular flexibility index (Phi) is 10.1. The molecule has 0 aliphatic rings. The highest BCUT2D eigenvalue weighted by atomic mass is 127. The Labute approximate surface area is 172 Å². The van der Waals surface area contributed by atoms with Crippen molar-refractivity contribution in [2.24, 2.45) is 10.9 Å². The van der Waals surface area contributed by atoms with E-state index in [-0.39, 0.29) is 24.0 Å². The Morgan fingerprint density at radius 1 is 1.36 bits per heavy atom. The van der Waals surface area contributed by atoms with Gasteiger partial charge in [0.25, 0.3) is 0 Å². The highest BCUT2D eigenvalue weighted by molar-refractivity contribution is 14.0. The molecule has 140 valence electrons. The molecule has 2 aromatic rings. The monoisotopic (exact) mass is 475 g/mol. The number of guanidine groups is 1. The molecule has 2 heterocycles. The lowest BCUT2D eigenvalue weighted by atomic mass is 10.2. The fourth-order valence-electron chi connectivity index (χ4n) is 2.53. The summed E-state index contributed by atoms with van der Waals surface area (Å²) in [5.41, 5.74) is 0. The number of thiophene rings is 1. The van der Waals surface area contributed by atoms with Gasteiger partial charge in [-0.1, -0.05) is 6.92 Å². The van der Waals surface area contributed by atoms with Crippen LogP contribution in [0.4, 0.5) is 0 Å². The Bertz CT molecular complexity index is 623. The van der Waals surface area contributed by atoms with E-state index in [1.807, 2.05) is 34.5 Å². The Morgan fingerprint density at radius 3 is 2.76 bits per heavy atom. The number of rotatable bonds is 8. The predicted octanol–water partition coefficient (Wildman–Crippen LogP) is 3.69. The van der Waals surface area contributed by atoms with Crippen molar-refractivity contribution in [2.75, 3.05) is 13.1 Å². The van der Waals surface area contributed by atoms with Crippen LogP contribution in [0.2, 0.25) is 0 Å². The number of aliphatic imine (C=N–C) groups is 1. The van der Waals surface area contributed by atoms with E-state index in [4.69, 9.17) is 4.99 Å². The van der Waals surface area contributed by atoms with Crippen LogP contribution in [0.1, 0.15) is 30.5 Å². The minimum absolute atomic E-state index is 0. The van der Waals surface area contributed by atoms with Gasteiger partial charge in [-0.25, -0.2) is 0 Å². The second kappa shape index (κ2) is 11.5. The van der Waals surface area contributed by atoms with Gasteiger partial charge in [-0.05, 0) is 44.9 Å². The molecule has 0 radical (unpaired) electrons. The van der Waals surface area contributed by atoms with Gasteiger partial charge in [-0.2, -0.15) is 5.10 Å². The summed E-state index contributed by atoms with van der Waals surface area (Å²) in [6, 6.07) is 6.70. The van der Waals surface area contributed by atoms with Crippen molar-refractivity contribution in [3.05, 3.63) is 40.3 Å². The van der Waals surface area contributed by atoms with Crippen LogP contribution < -0.4 is 10.6 Å². The van der Waals surface area contributed by atoms with Crippen LogP contribution in [0, 0.1) is 12.8 Å². The van der Waals surface area contributed by atoms with Crippen molar-refractivity contribution < 1.29 is 0 Å². The molecule has 5 nitrogen and oxygen atoms in total. The summed E-state index contributed by atoms with van der Waals surface area (Å²) >= 11 is 1.87. The number of nitrogens with one attached hydrogen (secondary N) is 2. The lowest BCUT2D eigenvalue weighted by Crippen LogP contribution is -2.43. The van der Waals surface area contributed by atoms with Gasteiger partial charge < -0.3 is 10.6 Å². The van der Waals surface area contributed by atoms with Crippen LogP contribution in [-0.4, -0.2) is 34.9 Å². The minimum atomic E-state index is 0.